The second-order valence-corrected chi connectivity index (χ2v) is 9.73. The summed E-state index contributed by atoms with van der Waals surface area (Å²) < 4.78 is 26.0. The molecule has 1 fully saturated rings. The molecule has 0 spiro atoms. The Hall–Kier alpha value is -2.84. The standard InChI is InChI=1S/C22H24ClN5O2S/c1-2-16-6-8-19(9-7-16)31(29,30)20-15-25-22(26-21(20)24)28-12-10-27(11-13-28)18-5-3-4-17(23)14-18/h3-9,14-15H,2,10-13H2,1H3,(H2,24,25,26). The molecule has 162 valence electrons. The summed E-state index contributed by atoms with van der Waals surface area (Å²) in [6, 6.07) is 14.6. The van der Waals surface area contributed by atoms with Gasteiger partial charge in [0.15, 0.2) is 0 Å². The predicted octanol–water partition coefficient (Wildman–Crippen LogP) is 3.43. The zero-order valence-corrected chi connectivity index (χ0v) is 18.8. The largest absolute Gasteiger partial charge is 0.382 e. The van der Waals surface area contributed by atoms with Crippen molar-refractivity contribution in [2.45, 2.75) is 23.1 Å². The lowest BCUT2D eigenvalue weighted by Gasteiger charge is -2.36. The van der Waals surface area contributed by atoms with Crippen LogP contribution in [0.25, 0.3) is 0 Å². The molecule has 3 aromatic rings. The fourth-order valence-electron chi connectivity index (χ4n) is 3.60. The molecule has 0 saturated carbocycles. The number of anilines is 3. The predicted molar refractivity (Wildman–Crippen MR) is 124 cm³/mol. The summed E-state index contributed by atoms with van der Waals surface area (Å²) in [6.07, 6.45) is 2.15. The maximum absolute atomic E-state index is 13.0. The molecule has 2 N–H and O–H groups in total. The van der Waals surface area contributed by atoms with Crippen LogP contribution >= 0.6 is 11.6 Å². The van der Waals surface area contributed by atoms with Crippen molar-refractivity contribution in [3.63, 3.8) is 0 Å². The Morgan fingerprint density at radius 1 is 1.03 bits per heavy atom. The number of benzene rings is 2. The molecule has 7 nitrogen and oxygen atoms in total. The number of aromatic nitrogens is 2. The molecular formula is C22H24ClN5O2S. The lowest BCUT2D eigenvalue weighted by atomic mass is 10.2. The van der Waals surface area contributed by atoms with Crippen molar-refractivity contribution in [1.82, 2.24) is 9.97 Å². The quantitative estimate of drug-likeness (QED) is 0.627. The summed E-state index contributed by atoms with van der Waals surface area (Å²) in [5.74, 6) is 0.394. The van der Waals surface area contributed by atoms with E-state index in [4.69, 9.17) is 17.3 Å². The van der Waals surface area contributed by atoms with Crippen molar-refractivity contribution in [3.05, 3.63) is 65.3 Å². The Morgan fingerprint density at radius 2 is 1.71 bits per heavy atom. The Labute approximate surface area is 187 Å². The number of nitrogen functional groups attached to an aromatic ring is 1. The Balaban J connectivity index is 1.50. The van der Waals surface area contributed by atoms with Crippen LogP contribution < -0.4 is 15.5 Å². The number of halogens is 1. The van der Waals surface area contributed by atoms with E-state index < -0.39 is 9.84 Å². The number of nitrogens with zero attached hydrogens (tertiary/aromatic N) is 4. The fraction of sp³-hybridized carbons (Fsp3) is 0.273. The number of rotatable bonds is 5. The van der Waals surface area contributed by atoms with Gasteiger partial charge in [-0.15, -0.1) is 0 Å². The van der Waals surface area contributed by atoms with Crippen LogP contribution in [0.2, 0.25) is 5.02 Å². The number of hydrogen-bond acceptors (Lipinski definition) is 7. The maximum atomic E-state index is 13.0. The summed E-state index contributed by atoms with van der Waals surface area (Å²) in [6.45, 7) is 4.94. The molecule has 2 heterocycles. The Bertz CT molecular complexity index is 1180. The molecule has 1 saturated heterocycles. The second kappa shape index (κ2) is 8.72. The molecule has 0 radical (unpaired) electrons. The minimum Gasteiger partial charge on any atom is -0.382 e. The molecule has 0 unspecified atom stereocenters. The van der Waals surface area contributed by atoms with Gasteiger partial charge in [0.25, 0.3) is 0 Å². The van der Waals surface area contributed by atoms with E-state index >= 15 is 0 Å². The average Bonchev–Trinajstić information content (AvgIpc) is 2.79. The van der Waals surface area contributed by atoms with E-state index in [9.17, 15) is 8.42 Å². The van der Waals surface area contributed by atoms with Crippen LogP contribution in [-0.4, -0.2) is 44.6 Å². The molecular weight excluding hydrogens is 434 g/mol. The lowest BCUT2D eigenvalue weighted by Crippen LogP contribution is -2.47. The van der Waals surface area contributed by atoms with Gasteiger partial charge < -0.3 is 15.5 Å². The highest BCUT2D eigenvalue weighted by molar-refractivity contribution is 7.91. The van der Waals surface area contributed by atoms with Gasteiger partial charge in [-0.25, -0.2) is 13.4 Å². The van der Waals surface area contributed by atoms with Crippen LogP contribution in [0.1, 0.15) is 12.5 Å². The van der Waals surface area contributed by atoms with E-state index in [-0.39, 0.29) is 15.6 Å². The molecule has 1 aromatic heterocycles. The molecule has 9 heteroatoms. The number of nitrogens with two attached hydrogens (primary N) is 1. The molecule has 31 heavy (non-hydrogen) atoms. The first-order valence-electron chi connectivity index (χ1n) is 10.1. The smallest absolute Gasteiger partial charge is 0.227 e. The van der Waals surface area contributed by atoms with Gasteiger partial charge in [-0.1, -0.05) is 36.7 Å². The molecule has 0 aliphatic carbocycles. The number of piperazine rings is 1. The van der Waals surface area contributed by atoms with Gasteiger partial charge in [0.2, 0.25) is 15.8 Å². The number of sulfone groups is 1. The van der Waals surface area contributed by atoms with Crippen LogP contribution in [0.5, 0.6) is 0 Å². The average molecular weight is 458 g/mol. The monoisotopic (exact) mass is 457 g/mol. The van der Waals surface area contributed by atoms with Gasteiger partial charge in [0.1, 0.15) is 10.7 Å². The van der Waals surface area contributed by atoms with E-state index in [1.165, 1.54) is 6.20 Å². The SMILES string of the molecule is CCc1ccc(S(=O)(=O)c2cnc(N3CCN(c4cccc(Cl)c4)CC3)nc2N)cc1. The summed E-state index contributed by atoms with van der Waals surface area (Å²) in [5.41, 5.74) is 8.20. The summed E-state index contributed by atoms with van der Waals surface area (Å²) in [5, 5.41) is 0.706. The van der Waals surface area contributed by atoms with Gasteiger partial charge in [0, 0.05) is 36.9 Å². The summed E-state index contributed by atoms with van der Waals surface area (Å²) in [7, 11) is -3.78. The van der Waals surface area contributed by atoms with Crippen molar-refractivity contribution in [2.24, 2.45) is 0 Å². The summed E-state index contributed by atoms with van der Waals surface area (Å²) >= 11 is 6.10. The highest BCUT2D eigenvalue weighted by Gasteiger charge is 2.25. The first-order chi connectivity index (χ1) is 14.9. The van der Waals surface area contributed by atoms with E-state index in [1.807, 2.05) is 36.1 Å². The van der Waals surface area contributed by atoms with Crippen molar-refractivity contribution in [1.29, 1.82) is 0 Å². The first-order valence-corrected chi connectivity index (χ1v) is 12.0. The van der Waals surface area contributed by atoms with Crippen molar-refractivity contribution >= 4 is 38.9 Å². The van der Waals surface area contributed by atoms with E-state index in [0.29, 0.717) is 24.1 Å². The van der Waals surface area contributed by atoms with Gasteiger partial charge in [-0.2, -0.15) is 4.98 Å². The van der Waals surface area contributed by atoms with Crippen molar-refractivity contribution < 1.29 is 8.42 Å². The van der Waals surface area contributed by atoms with E-state index in [2.05, 4.69) is 14.9 Å². The van der Waals surface area contributed by atoms with Crippen molar-refractivity contribution in [3.8, 4) is 0 Å². The van der Waals surface area contributed by atoms with Gasteiger partial charge >= 0.3 is 0 Å². The molecule has 0 atom stereocenters. The van der Waals surface area contributed by atoms with E-state index in [0.717, 1.165) is 30.8 Å². The lowest BCUT2D eigenvalue weighted by molar-refractivity contribution is 0.595. The van der Waals surface area contributed by atoms with Crippen LogP contribution in [0.4, 0.5) is 17.5 Å². The normalized spacial score (nSPS) is 14.6. The van der Waals surface area contributed by atoms with Crippen LogP contribution in [0, 0.1) is 0 Å². The van der Waals surface area contributed by atoms with Crippen LogP contribution in [0.15, 0.2) is 64.5 Å². The molecule has 4 rings (SSSR count). The van der Waals surface area contributed by atoms with Crippen LogP contribution in [0.3, 0.4) is 0 Å². The minimum atomic E-state index is -3.78. The molecule has 1 aliphatic heterocycles. The van der Waals surface area contributed by atoms with Crippen LogP contribution in [-0.2, 0) is 16.3 Å². The Morgan fingerprint density at radius 3 is 2.32 bits per heavy atom. The fourth-order valence-corrected chi connectivity index (χ4v) is 5.05. The second-order valence-electron chi connectivity index (χ2n) is 7.37. The third-order valence-electron chi connectivity index (χ3n) is 5.44. The molecule has 0 amide bonds. The molecule has 0 bridgehead atoms. The van der Waals surface area contributed by atoms with Gasteiger partial charge in [-0.05, 0) is 42.3 Å². The third-order valence-corrected chi connectivity index (χ3v) is 7.46. The number of hydrogen-bond donors (Lipinski definition) is 1. The zero-order chi connectivity index (χ0) is 22.0. The number of aryl methyl sites for hydroxylation is 1. The first kappa shape index (κ1) is 21.4. The minimum absolute atomic E-state index is 0.0400. The topological polar surface area (TPSA) is 92.4 Å². The summed E-state index contributed by atoms with van der Waals surface area (Å²) in [4.78, 5) is 13.0. The van der Waals surface area contributed by atoms with Crippen molar-refractivity contribution in [2.75, 3.05) is 41.7 Å². The Kier molecular flexibility index (Phi) is 6.02. The van der Waals surface area contributed by atoms with E-state index in [1.54, 1.807) is 24.3 Å². The highest BCUT2D eigenvalue weighted by Crippen LogP contribution is 2.27. The molecule has 1 aliphatic rings. The zero-order valence-electron chi connectivity index (χ0n) is 17.2. The maximum Gasteiger partial charge on any atom is 0.227 e. The molecule has 2 aromatic carbocycles. The van der Waals surface area contributed by atoms with Gasteiger partial charge in [-0.3, -0.25) is 0 Å². The highest BCUT2D eigenvalue weighted by atomic mass is 35.5. The van der Waals surface area contributed by atoms with Gasteiger partial charge in [0.05, 0.1) is 11.1 Å². The third kappa shape index (κ3) is 4.45.